The second-order valence-corrected chi connectivity index (χ2v) is 8.46. The van der Waals surface area contributed by atoms with Crippen LogP contribution in [-0.2, 0) is 4.79 Å². The standard InChI is InChI=1S/C22H30ClN5O/c1-14(2)21-24-16(4)12-20(26-21)28-10-8-27(9-11-28)17(5)22(29)25-19-13-18(23)7-6-15(19)3/h6-7,12-14,17H,8-11H2,1-5H3,(H,25,29)/t17-/m0/s1. The molecule has 1 atom stereocenters. The Kier molecular flexibility index (Phi) is 6.75. The number of carbonyl (C=O) groups is 1. The van der Waals surface area contributed by atoms with Crippen molar-refractivity contribution in [3.8, 4) is 0 Å². The van der Waals surface area contributed by atoms with E-state index in [1.165, 1.54) is 0 Å². The third kappa shape index (κ3) is 5.25. The molecule has 1 aliphatic rings. The van der Waals surface area contributed by atoms with Gasteiger partial charge in [-0.2, -0.15) is 0 Å². The summed E-state index contributed by atoms with van der Waals surface area (Å²) < 4.78 is 0. The van der Waals surface area contributed by atoms with Gasteiger partial charge < -0.3 is 10.2 Å². The maximum atomic E-state index is 12.8. The van der Waals surface area contributed by atoms with Crippen LogP contribution in [-0.4, -0.2) is 53.0 Å². The molecule has 156 valence electrons. The van der Waals surface area contributed by atoms with E-state index in [0.717, 1.165) is 54.8 Å². The largest absolute Gasteiger partial charge is 0.354 e. The summed E-state index contributed by atoms with van der Waals surface area (Å²) in [6, 6.07) is 7.36. The highest BCUT2D eigenvalue weighted by Crippen LogP contribution is 2.22. The summed E-state index contributed by atoms with van der Waals surface area (Å²) in [4.78, 5) is 26.5. The number of nitrogens with one attached hydrogen (secondary N) is 1. The monoisotopic (exact) mass is 415 g/mol. The number of rotatable bonds is 5. The van der Waals surface area contributed by atoms with E-state index >= 15 is 0 Å². The van der Waals surface area contributed by atoms with Crippen LogP contribution >= 0.6 is 11.6 Å². The molecule has 3 rings (SSSR count). The van der Waals surface area contributed by atoms with E-state index < -0.39 is 0 Å². The number of anilines is 2. The molecule has 0 bridgehead atoms. The van der Waals surface area contributed by atoms with Gasteiger partial charge in [0.2, 0.25) is 5.91 Å². The van der Waals surface area contributed by atoms with Crippen LogP contribution in [0.15, 0.2) is 24.3 Å². The Morgan fingerprint density at radius 1 is 1.07 bits per heavy atom. The number of hydrogen-bond acceptors (Lipinski definition) is 5. The lowest BCUT2D eigenvalue weighted by Crippen LogP contribution is -2.53. The molecule has 1 N–H and O–H groups in total. The molecule has 1 aromatic carbocycles. The first-order valence-corrected chi connectivity index (χ1v) is 10.5. The van der Waals surface area contributed by atoms with Crippen molar-refractivity contribution in [2.24, 2.45) is 0 Å². The van der Waals surface area contributed by atoms with Gasteiger partial charge in [-0.25, -0.2) is 9.97 Å². The summed E-state index contributed by atoms with van der Waals surface area (Å²) in [6.45, 7) is 13.4. The van der Waals surface area contributed by atoms with Crippen molar-refractivity contribution in [3.05, 3.63) is 46.4 Å². The van der Waals surface area contributed by atoms with Crippen LogP contribution in [0.25, 0.3) is 0 Å². The topological polar surface area (TPSA) is 61.4 Å². The Morgan fingerprint density at radius 3 is 2.41 bits per heavy atom. The maximum absolute atomic E-state index is 12.8. The smallest absolute Gasteiger partial charge is 0.241 e. The Morgan fingerprint density at radius 2 is 1.76 bits per heavy atom. The van der Waals surface area contributed by atoms with Gasteiger partial charge in [-0.1, -0.05) is 31.5 Å². The number of nitrogens with zero attached hydrogens (tertiary/aromatic N) is 4. The molecule has 0 spiro atoms. The SMILES string of the molecule is Cc1cc(N2CCN([C@@H](C)C(=O)Nc3cc(Cl)ccc3C)CC2)nc(C(C)C)n1. The summed E-state index contributed by atoms with van der Waals surface area (Å²) in [7, 11) is 0. The number of benzene rings is 1. The summed E-state index contributed by atoms with van der Waals surface area (Å²) in [5.41, 5.74) is 2.76. The average Bonchev–Trinajstić information content (AvgIpc) is 2.69. The van der Waals surface area contributed by atoms with E-state index in [-0.39, 0.29) is 11.9 Å². The quantitative estimate of drug-likeness (QED) is 0.799. The fraction of sp³-hybridized carbons (Fsp3) is 0.500. The van der Waals surface area contributed by atoms with E-state index in [4.69, 9.17) is 16.6 Å². The first-order valence-electron chi connectivity index (χ1n) is 10.2. The first-order chi connectivity index (χ1) is 13.7. The fourth-order valence-corrected chi connectivity index (χ4v) is 3.64. The van der Waals surface area contributed by atoms with Crippen LogP contribution in [0.3, 0.4) is 0 Å². The molecule has 2 heterocycles. The highest BCUT2D eigenvalue weighted by atomic mass is 35.5. The van der Waals surface area contributed by atoms with Crippen molar-refractivity contribution in [2.45, 2.75) is 46.6 Å². The second-order valence-electron chi connectivity index (χ2n) is 8.03. The number of piperazine rings is 1. The van der Waals surface area contributed by atoms with Crippen molar-refractivity contribution >= 4 is 29.0 Å². The highest BCUT2D eigenvalue weighted by molar-refractivity contribution is 6.31. The van der Waals surface area contributed by atoms with Gasteiger partial charge in [0.05, 0.1) is 6.04 Å². The zero-order valence-corrected chi connectivity index (χ0v) is 18.6. The molecule has 1 aromatic heterocycles. The van der Waals surface area contributed by atoms with Gasteiger partial charge in [0, 0.05) is 54.6 Å². The summed E-state index contributed by atoms with van der Waals surface area (Å²) >= 11 is 6.07. The van der Waals surface area contributed by atoms with Crippen molar-refractivity contribution in [2.75, 3.05) is 36.4 Å². The molecule has 6 nitrogen and oxygen atoms in total. The average molecular weight is 416 g/mol. The van der Waals surface area contributed by atoms with Crippen molar-refractivity contribution < 1.29 is 4.79 Å². The first kappa shape index (κ1) is 21.5. The van der Waals surface area contributed by atoms with Gasteiger partial charge in [-0.3, -0.25) is 9.69 Å². The summed E-state index contributed by atoms with van der Waals surface area (Å²) in [5.74, 6) is 2.15. The van der Waals surface area contributed by atoms with Gasteiger partial charge in [0.15, 0.2) is 0 Å². The predicted molar refractivity (Wildman–Crippen MR) is 119 cm³/mol. The predicted octanol–water partition coefficient (Wildman–Crippen LogP) is 4.02. The molecule has 0 radical (unpaired) electrons. The molecule has 29 heavy (non-hydrogen) atoms. The molecule has 0 saturated carbocycles. The van der Waals surface area contributed by atoms with Crippen molar-refractivity contribution in [1.29, 1.82) is 0 Å². The van der Waals surface area contributed by atoms with Crippen LogP contribution in [0, 0.1) is 13.8 Å². The number of amides is 1. The maximum Gasteiger partial charge on any atom is 0.241 e. The molecule has 7 heteroatoms. The summed E-state index contributed by atoms with van der Waals surface area (Å²) in [6.07, 6.45) is 0. The second kappa shape index (κ2) is 9.09. The number of hydrogen-bond donors (Lipinski definition) is 1. The van der Waals surface area contributed by atoms with Crippen LogP contribution in [0.1, 0.15) is 43.8 Å². The molecule has 1 aliphatic heterocycles. The van der Waals surface area contributed by atoms with Crippen molar-refractivity contribution in [3.63, 3.8) is 0 Å². The summed E-state index contributed by atoms with van der Waals surface area (Å²) in [5, 5.41) is 3.64. The molecule has 0 aliphatic carbocycles. The van der Waals surface area contributed by atoms with Gasteiger partial charge >= 0.3 is 0 Å². The van der Waals surface area contributed by atoms with E-state index in [1.54, 1.807) is 6.07 Å². The van der Waals surface area contributed by atoms with E-state index in [0.29, 0.717) is 10.9 Å². The Balaban J connectivity index is 1.61. The van der Waals surface area contributed by atoms with Gasteiger partial charge in [0.1, 0.15) is 11.6 Å². The van der Waals surface area contributed by atoms with E-state index in [2.05, 4.69) is 33.9 Å². The molecule has 1 saturated heterocycles. The van der Waals surface area contributed by atoms with Gasteiger partial charge in [-0.15, -0.1) is 0 Å². The minimum Gasteiger partial charge on any atom is -0.354 e. The van der Waals surface area contributed by atoms with E-state index in [9.17, 15) is 4.79 Å². The molecule has 1 amide bonds. The zero-order chi connectivity index (χ0) is 21.1. The molecule has 0 unspecified atom stereocenters. The van der Waals surface area contributed by atoms with Crippen LogP contribution < -0.4 is 10.2 Å². The minimum atomic E-state index is -0.214. The number of aryl methyl sites for hydroxylation is 2. The van der Waals surface area contributed by atoms with E-state index in [1.807, 2.05) is 39.0 Å². The Hall–Kier alpha value is -2.18. The van der Waals surface area contributed by atoms with Crippen LogP contribution in [0.5, 0.6) is 0 Å². The lowest BCUT2D eigenvalue weighted by Gasteiger charge is -2.38. The zero-order valence-electron chi connectivity index (χ0n) is 17.9. The third-order valence-corrected chi connectivity index (χ3v) is 5.63. The number of halogens is 1. The van der Waals surface area contributed by atoms with Crippen LogP contribution in [0.2, 0.25) is 5.02 Å². The van der Waals surface area contributed by atoms with Crippen molar-refractivity contribution in [1.82, 2.24) is 14.9 Å². The lowest BCUT2D eigenvalue weighted by atomic mass is 10.1. The lowest BCUT2D eigenvalue weighted by molar-refractivity contribution is -0.120. The molecular formula is C22H30ClN5O. The Bertz CT molecular complexity index is 878. The highest BCUT2D eigenvalue weighted by Gasteiger charge is 2.26. The number of aromatic nitrogens is 2. The number of carbonyl (C=O) groups excluding carboxylic acids is 1. The molecular weight excluding hydrogens is 386 g/mol. The Labute approximate surface area is 178 Å². The van der Waals surface area contributed by atoms with Gasteiger partial charge in [0.25, 0.3) is 0 Å². The normalized spacial score (nSPS) is 16.2. The van der Waals surface area contributed by atoms with Crippen LogP contribution in [0.4, 0.5) is 11.5 Å². The molecule has 2 aromatic rings. The fourth-order valence-electron chi connectivity index (χ4n) is 3.46. The minimum absolute atomic E-state index is 0.0104. The van der Waals surface area contributed by atoms with Gasteiger partial charge in [-0.05, 0) is 38.5 Å². The molecule has 1 fully saturated rings. The third-order valence-electron chi connectivity index (χ3n) is 5.40.